The van der Waals surface area contributed by atoms with E-state index in [4.69, 9.17) is 11.6 Å². The lowest BCUT2D eigenvalue weighted by atomic mass is 10.0. The minimum absolute atomic E-state index is 0.191. The highest BCUT2D eigenvalue weighted by Crippen LogP contribution is 2.15. The predicted octanol–water partition coefficient (Wildman–Crippen LogP) is 1.47. The quantitative estimate of drug-likeness (QED) is 0.844. The maximum absolute atomic E-state index is 11.5. The van der Waals surface area contributed by atoms with Crippen molar-refractivity contribution >= 4 is 28.8 Å². The Bertz CT molecular complexity index is 367. The van der Waals surface area contributed by atoms with Gasteiger partial charge in [0, 0.05) is 6.54 Å². The highest BCUT2D eigenvalue weighted by molar-refractivity contribution is 7.17. The number of halogens is 1. The normalized spacial score (nSPS) is 14.5. The van der Waals surface area contributed by atoms with Crippen LogP contribution < -0.4 is 5.32 Å². The fourth-order valence-electron chi connectivity index (χ4n) is 1.27. The summed E-state index contributed by atoms with van der Waals surface area (Å²) in [5, 5.41) is 19.8. The summed E-state index contributed by atoms with van der Waals surface area (Å²) in [7, 11) is 0. The van der Waals surface area contributed by atoms with Crippen molar-refractivity contribution in [3.63, 3.8) is 0 Å². The first-order valence-electron chi connectivity index (χ1n) is 4.94. The third-order valence-electron chi connectivity index (χ3n) is 2.01. The number of aliphatic hydroxyl groups is 1. The fraction of sp³-hybridized carbons (Fsp3) is 0.667. The molecule has 16 heavy (non-hydrogen) atoms. The molecule has 1 aromatic rings. The van der Waals surface area contributed by atoms with Gasteiger partial charge in [-0.3, -0.25) is 4.79 Å². The Balaban J connectivity index is 2.47. The molecule has 7 heteroatoms. The van der Waals surface area contributed by atoms with Crippen LogP contribution in [0.3, 0.4) is 0 Å². The number of carbonyl (C=O) groups is 1. The monoisotopic (exact) mass is 263 g/mol. The maximum atomic E-state index is 11.5. The van der Waals surface area contributed by atoms with Crippen molar-refractivity contribution in [2.45, 2.75) is 32.3 Å². The zero-order valence-corrected chi connectivity index (χ0v) is 10.7. The summed E-state index contributed by atoms with van der Waals surface area (Å²) in [6.45, 7) is 3.85. The van der Waals surface area contributed by atoms with E-state index < -0.39 is 5.60 Å². The van der Waals surface area contributed by atoms with Crippen LogP contribution in [0.15, 0.2) is 0 Å². The average molecular weight is 264 g/mol. The SMILES string of the molecule is CCCC(C)(O)CNC(=O)c1nnc(Cl)s1. The number of nitrogens with zero attached hydrogens (tertiary/aromatic N) is 2. The molecule has 0 saturated heterocycles. The Morgan fingerprint density at radius 1 is 1.62 bits per heavy atom. The molecule has 1 amide bonds. The van der Waals surface area contributed by atoms with E-state index in [0.29, 0.717) is 6.42 Å². The Kier molecular flexibility index (Phi) is 4.64. The van der Waals surface area contributed by atoms with E-state index in [1.165, 1.54) is 0 Å². The van der Waals surface area contributed by atoms with Crippen molar-refractivity contribution in [3.8, 4) is 0 Å². The molecular formula is C9H14ClN3O2S. The van der Waals surface area contributed by atoms with E-state index >= 15 is 0 Å². The van der Waals surface area contributed by atoms with Crippen LogP contribution in [0.4, 0.5) is 0 Å². The molecule has 5 nitrogen and oxygen atoms in total. The second-order valence-corrected chi connectivity index (χ2v) is 5.35. The number of rotatable bonds is 5. The highest BCUT2D eigenvalue weighted by atomic mass is 35.5. The summed E-state index contributed by atoms with van der Waals surface area (Å²) in [5.74, 6) is -0.360. The van der Waals surface area contributed by atoms with Crippen LogP contribution in [0.1, 0.15) is 36.5 Å². The van der Waals surface area contributed by atoms with Gasteiger partial charge in [-0.15, -0.1) is 10.2 Å². The lowest BCUT2D eigenvalue weighted by Gasteiger charge is -2.22. The van der Waals surface area contributed by atoms with Gasteiger partial charge in [0.05, 0.1) is 5.60 Å². The van der Waals surface area contributed by atoms with Crippen molar-refractivity contribution < 1.29 is 9.90 Å². The summed E-state index contributed by atoms with van der Waals surface area (Å²) in [5.41, 5.74) is -0.890. The number of aromatic nitrogens is 2. The zero-order valence-electron chi connectivity index (χ0n) is 9.16. The summed E-state index contributed by atoms with van der Waals surface area (Å²) in [6.07, 6.45) is 1.48. The molecule has 0 saturated carbocycles. The van der Waals surface area contributed by atoms with Crippen LogP contribution in [-0.2, 0) is 0 Å². The van der Waals surface area contributed by atoms with Crippen molar-refractivity contribution in [1.82, 2.24) is 15.5 Å². The first-order chi connectivity index (χ1) is 7.44. The van der Waals surface area contributed by atoms with E-state index in [2.05, 4.69) is 15.5 Å². The first-order valence-corrected chi connectivity index (χ1v) is 6.13. The summed E-state index contributed by atoms with van der Waals surface area (Å²) in [6, 6.07) is 0. The standard InChI is InChI=1S/C9H14ClN3O2S/c1-3-4-9(2,15)5-11-6(14)7-12-13-8(10)16-7/h15H,3-5H2,1-2H3,(H,11,14). The van der Waals surface area contributed by atoms with Crippen LogP contribution >= 0.6 is 22.9 Å². The molecule has 1 unspecified atom stereocenters. The maximum Gasteiger partial charge on any atom is 0.282 e. The summed E-state index contributed by atoms with van der Waals surface area (Å²) in [4.78, 5) is 11.5. The van der Waals surface area contributed by atoms with Gasteiger partial charge in [0.25, 0.3) is 5.91 Å². The van der Waals surface area contributed by atoms with Crippen LogP contribution in [0.5, 0.6) is 0 Å². The predicted molar refractivity (Wildman–Crippen MR) is 62.8 cm³/mol. The molecule has 0 spiro atoms. The molecule has 1 rings (SSSR count). The van der Waals surface area contributed by atoms with Gasteiger partial charge in [0.1, 0.15) is 0 Å². The van der Waals surface area contributed by atoms with Crippen LogP contribution in [0.2, 0.25) is 4.47 Å². The molecule has 1 atom stereocenters. The van der Waals surface area contributed by atoms with Gasteiger partial charge >= 0.3 is 0 Å². The molecule has 0 fully saturated rings. The number of carbonyl (C=O) groups excluding carboxylic acids is 1. The van der Waals surface area contributed by atoms with Crippen molar-refractivity contribution in [2.75, 3.05) is 6.54 Å². The molecule has 90 valence electrons. The number of hydrogen-bond acceptors (Lipinski definition) is 5. The molecule has 0 aliphatic carbocycles. The Morgan fingerprint density at radius 2 is 2.31 bits per heavy atom. The van der Waals surface area contributed by atoms with Gasteiger partial charge in [0.2, 0.25) is 9.47 Å². The minimum atomic E-state index is -0.890. The van der Waals surface area contributed by atoms with Crippen molar-refractivity contribution in [2.24, 2.45) is 0 Å². The summed E-state index contributed by atoms with van der Waals surface area (Å²) < 4.78 is 0.227. The van der Waals surface area contributed by atoms with Crippen LogP contribution in [-0.4, -0.2) is 33.4 Å². The molecule has 0 aromatic carbocycles. The van der Waals surface area contributed by atoms with Gasteiger partial charge in [0.15, 0.2) is 0 Å². The first kappa shape index (κ1) is 13.3. The summed E-state index contributed by atoms with van der Waals surface area (Å²) >= 11 is 6.57. The molecular weight excluding hydrogens is 250 g/mol. The molecule has 0 aliphatic rings. The van der Waals surface area contributed by atoms with Gasteiger partial charge in [-0.2, -0.15) is 0 Å². The second-order valence-electron chi connectivity index (χ2n) is 3.79. The third kappa shape index (κ3) is 4.03. The number of hydrogen-bond donors (Lipinski definition) is 2. The van der Waals surface area contributed by atoms with E-state index in [0.717, 1.165) is 17.8 Å². The minimum Gasteiger partial charge on any atom is -0.388 e. The largest absolute Gasteiger partial charge is 0.388 e. The molecule has 2 N–H and O–H groups in total. The van der Waals surface area contributed by atoms with Crippen molar-refractivity contribution in [3.05, 3.63) is 9.47 Å². The van der Waals surface area contributed by atoms with Gasteiger partial charge in [-0.05, 0) is 24.9 Å². The van der Waals surface area contributed by atoms with Crippen LogP contribution in [0.25, 0.3) is 0 Å². The molecule has 0 bridgehead atoms. The van der Waals surface area contributed by atoms with Crippen LogP contribution in [0, 0.1) is 0 Å². The number of amides is 1. The van der Waals surface area contributed by atoms with Gasteiger partial charge < -0.3 is 10.4 Å². The van der Waals surface area contributed by atoms with E-state index in [1.54, 1.807) is 6.92 Å². The van der Waals surface area contributed by atoms with E-state index in [9.17, 15) is 9.90 Å². The average Bonchev–Trinajstić information content (AvgIpc) is 2.61. The van der Waals surface area contributed by atoms with Gasteiger partial charge in [-0.1, -0.05) is 24.7 Å². The molecule has 0 aliphatic heterocycles. The van der Waals surface area contributed by atoms with Gasteiger partial charge in [-0.25, -0.2) is 0 Å². The lowest BCUT2D eigenvalue weighted by Crippen LogP contribution is -2.40. The Labute approximate surface area is 103 Å². The van der Waals surface area contributed by atoms with Crippen molar-refractivity contribution in [1.29, 1.82) is 0 Å². The lowest BCUT2D eigenvalue weighted by molar-refractivity contribution is 0.0469. The van der Waals surface area contributed by atoms with E-state index in [1.807, 2.05) is 6.92 Å². The Hall–Kier alpha value is -0.720. The topological polar surface area (TPSA) is 75.1 Å². The molecule has 1 aromatic heterocycles. The molecule has 0 radical (unpaired) electrons. The third-order valence-corrected chi connectivity index (χ3v) is 3.03. The Morgan fingerprint density at radius 3 is 2.81 bits per heavy atom. The number of nitrogens with one attached hydrogen (secondary N) is 1. The molecule has 1 heterocycles. The second kappa shape index (κ2) is 5.56. The smallest absolute Gasteiger partial charge is 0.282 e. The highest BCUT2D eigenvalue weighted by Gasteiger charge is 2.21. The van der Waals surface area contributed by atoms with E-state index in [-0.39, 0.29) is 21.9 Å². The zero-order chi connectivity index (χ0) is 12.2. The fourth-order valence-corrected chi connectivity index (χ4v) is 2.02.